The van der Waals surface area contributed by atoms with Gasteiger partial charge in [-0.1, -0.05) is 30.3 Å². The van der Waals surface area contributed by atoms with Crippen LogP contribution in [0.1, 0.15) is 56.4 Å². The lowest BCUT2D eigenvalue weighted by Crippen LogP contribution is -2.40. The SMILES string of the molecule is Cl.O=C(NC1CCC(c2ccccc2)CC1)C1CC12CCNCC2. The molecule has 3 aliphatic rings. The molecule has 2 saturated carbocycles. The van der Waals surface area contributed by atoms with Crippen molar-refractivity contribution in [1.82, 2.24) is 10.6 Å². The third-order valence-corrected chi connectivity index (χ3v) is 6.45. The topological polar surface area (TPSA) is 41.1 Å². The molecular weight excluding hydrogens is 320 g/mol. The van der Waals surface area contributed by atoms with E-state index < -0.39 is 0 Å². The molecule has 3 fully saturated rings. The molecule has 1 spiro atoms. The van der Waals surface area contributed by atoms with Crippen LogP contribution in [0.15, 0.2) is 30.3 Å². The number of hydrogen-bond donors (Lipinski definition) is 2. The molecule has 3 nitrogen and oxygen atoms in total. The van der Waals surface area contributed by atoms with Gasteiger partial charge in [0, 0.05) is 12.0 Å². The highest BCUT2D eigenvalue weighted by atomic mass is 35.5. The highest BCUT2D eigenvalue weighted by molar-refractivity contribution is 5.85. The summed E-state index contributed by atoms with van der Waals surface area (Å²) in [6.07, 6.45) is 8.17. The minimum absolute atomic E-state index is 0. The monoisotopic (exact) mass is 348 g/mol. The van der Waals surface area contributed by atoms with Crippen LogP contribution >= 0.6 is 12.4 Å². The zero-order valence-corrected chi connectivity index (χ0v) is 15.1. The Hall–Kier alpha value is -1.06. The molecule has 1 atom stereocenters. The predicted molar refractivity (Wildman–Crippen MR) is 99.5 cm³/mol. The van der Waals surface area contributed by atoms with Crippen LogP contribution in [0.2, 0.25) is 0 Å². The van der Waals surface area contributed by atoms with Crippen molar-refractivity contribution in [3.8, 4) is 0 Å². The number of hydrogen-bond acceptors (Lipinski definition) is 2. The van der Waals surface area contributed by atoms with Crippen LogP contribution in [-0.4, -0.2) is 25.0 Å². The average molecular weight is 349 g/mol. The first-order valence-electron chi connectivity index (χ1n) is 9.33. The van der Waals surface area contributed by atoms with Crippen LogP contribution in [0.25, 0.3) is 0 Å². The van der Waals surface area contributed by atoms with Gasteiger partial charge >= 0.3 is 0 Å². The fraction of sp³-hybridized carbons (Fsp3) is 0.650. The fourth-order valence-corrected chi connectivity index (χ4v) is 4.79. The van der Waals surface area contributed by atoms with Gasteiger partial charge in [-0.15, -0.1) is 12.4 Å². The summed E-state index contributed by atoms with van der Waals surface area (Å²) in [4.78, 5) is 12.6. The van der Waals surface area contributed by atoms with Gasteiger partial charge in [0.05, 0.1) is 0 Å². The van der Waals surface area contributed by atoms with Gasteiger partial charge in [0.2, 0.25) is 5.91 Å². The number of nitrogens with one attached hydrogen (secondary N) is 2. The van der Waals surface area contributed by atoms with Gasteiger partial charge in [0.25, 0.3) is 0 Å². The van der Waals surface area contributed by atoms with E-state index in [1.54, 1.807) is 0 Å². The number of rotatable bonds is 3. The Morgan fingerprint density at radius 2 is 1.71 bits per heavy atom. The highest BCUT2D eigenvalue weighted by Crippen LogP contribution is 2.58. The van der Waals surface area contributed by atoms with E-state index in [0.29, 0.717) is 29.2 Å². The second-order valence-electron chi connectivity index (χ2n) is 7.84. The average Bonchev–Trinajstić information content (AvgIpc) is 3.30. The van der Waals surface area contributed by atoms with Gasteiger partial charge in [-0.05, 0) is 74.9 Å². The maximum atomic E-state index is 12.6. The summed E-state index contributed by atoms with van der Waals surface area (Å²) in [7, 11) is 0. The molecule has 1 saturated heterocycles. The molecule has 1 unspecified atom stereocenters. The molecule has 4 rings (SSSR count). The molecule has 2 N–H and O–H groups in total. The number of benzene rings is 1. The number of carbonyl (C=O) groups is 1. The summed E-state index contributed by atoms with van der Waals surface area (Å²) in [5, 5.41) is 6.77. The van der Waals surface area contributed by atoms with E-state index in [2.05, 4.69) is 41.0 Å². The van der Waals surface area contributed by atoms with Gasteiger partial charge in [-0.25, -0.2) is 0 Å². The van der Waals surface area contributed by atoms with E-state index in [1.807, 2.05) is 0 Å². The van der Waals surface area contributed by atoms with E-state index in [9.17, 15) is 4.79 Å². The number of amides is 1. The van der Waals surface area contributed by atoms with Gasteiger partial charge in [0.1, 0.15) is 0 Å². The Balaban J connectivity index is 0.00000169. The minimum atomic E-state index is 0. The Morgan fingerprint density at radius 3 is 2.38 bits per heavy atom. The van der Waals surface area contributed by atoms with Crippen molar-refractivity contribution >= 4 is 18.3 Å². The van der Waals surface area contributed by atoms with Gasteiger partial charge in [0.15, 0.2) is 0 Å². The lowest BCUT2D eigenvalue weighted by molar-refractivity contribution is -0.124. The molecule has 2 aliphatic carbocycles. The third-order valence-electron chi connectivity index (χ3n) is 6.45. The first-order chi connectivity index (χ1) is 11.3. The summed E-state index contributed by atoms with van der Waals surface area (Å²) in [6, 6.07) is 11.2. The van der Waals surface area contributed by atoms with Crippen molar-refractivity contribution in [2.45, 2.75) is 56.9 Å². The molecule has 0 bridgehead atoms. The highest BCUT2D eigenvalue weighted by Gasteiger charge is 2.57. The molecule has 1 heterocycles. The minimum Gasteiger partial charge on any atom is -0.353 e. The second kappa shape index (κ2) is 7.45. The number of carbonyl (C=O) groups excluding carboxylic acids is 1. The van der Waals surface area contributed by atoms with E-state index in [-0.39, 0.29) is 12.4 Å². The van der Waals surface area contributed by atoms with Crippen molar-refractivity contribution in [2.75, 3.05) is 13.1 Å². The van der Waals surface area contributed by atoms with E-state index in [4.69, 9.17) is 0 Å². The Labute approximate surface area is 151 Å². The van der Waals surface area contributed by atoms with Crippen LogP contribution < -0.4 is 10.6 Å². The summed E-state index contributed by atoms with van der Waals surface area (Å²) < 4.78 is 0. The molecule has 4 heteroatoms. The molecule has 1 amide bonds. The number of piperidine rings is 1. The first kappa shape index (κ1) is 17.8. The fourth-order valence-electron chi connectivity index (χ4n) is 4.79. The van der Waals surface area contributed by atoms with Gasteiger partial charge in [-0.2, -0.15) is 0 Å². The third kappa shape index (κ3) is 3.62. The Bertz CT molecular complexity index is 548. The predicted octanol–water partition coefficient (Wildman–Crippen LogP) is 3.64. The van der Waals surface area contributed by atoms with Crippen LogP contribution in [-0.2, 0) is 4.79 Å². The van der Waals surface area contributed by atoms with Crippen LogP contribution in [0.5, 0.6) is 0 Å². The Kier molecular flexibility index (Phi) is 5.51. The zero-order chi connectivity index (χ0) is 15.7. The van der Waals surface area contributed by atoms with Gasteiger partial charge in [-0.3, -0.25) is 4.79 Å². The van der Waals surface area contributed by atoms with Crippen molar-refractivity contribution < 1.29 is 4.79 Å². The first-order valence-corrected chi connectivity index (χ1v) is 9.33. The maximum absolute atomic E-state index is 12.6. The zero-order valence-electron chi connectivity index (χ0n) is 14.3. The molecule has 0 aromatic heterocycles. The second-order valence-corrected chi connectivity index (χ2v) is 7.84. The van der Waals surface area contributed by atoms with E-state index >= 15 is 0 Å². The molecule has 1 aromatic rings. The van der Waals surface area contributed by atoms with Crippen LogP contribution in [0.3, 0.4) is 0 Å². The molecular formula is C20H29ClN2O. The molecule has 132 valence electrons. The molecule has 0 radical (unpaired) electrons. The molecule has 1 aliphatic heterocycles. The number of halogens is 1. The Morgan fingerprint density at radius 1 is 1.04 bits per heavy atom. The van der Waals surface area contributed by atoms with Crippen molar-refractivity contribution in [1.29, 1.82) is 0 Å². The summed E-state index contributed by atoms with van der Waals surface area (Å²) in [5.41, 5.74) is 1.82. The van der Waals surface area contributed by atoms with Crippen LogP contribution in [0, 0.1) is 11.3 Å². The van der Waals surface area contributed by atoms with Gasteiger partial charge < -0.3 is 10.6 Å². The molecule has 1 aromatic carbocycles. The quantitative estimate of drug-likeness (QED) is 0.875. The summed E-state index contributed by atoms with van der Waals surface area (Å²) in [6.45, 7) is 2.18. The van der Waals surface area contributed by atoms with E-state index in [1.165, 1.54) is 31.2 Å². The maximum Gasteiger partial charge on any atom is 0.223 e. The van der Waals surface area contributed by atoms with Crippen molar-refractivity contribution in [3.63, 3.8) is 0 Å². The largest absolute Gasteiger partial charge is 0.353 e. The normalized spacial score (nSPS) is 31.1. The smallest absolute Gasteiger partial charge is 0.223 e. The van der Waals surface area contributed by atoms with E-state index in [0.717, 1.165) is 32.4 Å². The van der Waals surface area contributed by atoms with Crippen LogP contribution in [0.4, 0.5) is 0 Å². The lowest BCUT2D eigenvalue weighted by atomic mass is 9.81. The summed E-state index contributed by atoms with van der Waals surface area (Å²) in [5.74, 6) is 1.33. The standard InChI is InChI=1S/C20H28N2O.ClH/c23-19(18-14-20(18)10-12-21-13-11-20)22-17-8-6-16(7-9-17)15-4-2-1-3-5-15;/h1-5,16-18,21H,6-14H2,(H,22,23);1H. The lowest BCUT2D eigenvalue weighted by Gasteiger charge is -2.30. The van der Waals surface area contributed by atoms with Crippen molar-refractivity contribution in [3.05, 3.63) is 35.9 Å². The van der Waals surface area contributed by atoms with Crippen molar-refractivity contribution in [2.24, 2.45) is 11.3 Å². The summed E-state index contributed by atoms with van der Waals surface area (Å²) >= 11 is 0. The molecule has 24 heavy (non-hydrogen) atoms.